The van der Waals surface area contributed by atoms with E-state index in [4.69, 9.17) is 0 Å². The SMILES string of the molecule is CN(C)/C=C1\CC2(CCC1=O)CC2. The minimum absolute atomic E-state index is 0.367. The lowest BCUT2D eigenvalue weighted by atomic mass is 9.82. The summed E-state index contributed by atoms with van der Waals surface area (Å²) in [7, 11) is 3.96. The van der Waals surface area contributed by atoms with Crippen LogP contribution in [0.2, 0.25) is 0 Å². The molecule has 0 radical (unpaired) electrons. The second-order valence-corrected chi connectivity index (χ2v) is 4.72. The van der Waals surface area contributed by atoms with Gasteiger partial charge in [0.25, 0.3) is 0 Å². The van der Waals surface area contributed by atoms with Crippen molar-refractivity contribution in [1.82, 2.24) is 4.90 Å². The summed E-state index contributed by atoms with van der Waals surface area (Å²) < 4.78 is 0. The summed E-state index contributed by atoms with van der Waals surface area (Å²) in [4.78, 5) is 13.5. The average molecular weight is 179 g/mol. The van der Waals surface area contributed by atoms with E-state index in [0.717, 1.165) is 24.8 Å². The maximum absolute atomic E-state index is 11.6. The Morgan fingerprint density at radius 3 is 2.54 bits per heavy atom. The molecule has 2 aliphatic rings. The second kappa shape index (κ2) is 2.86. The standard InChI is InChI=1S/C11H17NO/c1-12(2)8-9-7-11(5-6-11)4-3-10(9)13/h8H,3-7H2,1-2H3/b9-8+. The van der Waals surface area contributed by atoms with Crippen LogP contribution >= 0.6 is 0 Å². The van der Waals surface area contributed by atoms with Gasteiger partial charge in [0.1, 0.15) is 0 Å². The van der Waals surface area contributed by atoms with Crippen LogP contribution in [0, 0.1) is 5.41 Å². The van der Waals surface area contributed by atoms with Gasteiger partial charge in [0.15, 0.2) is 5.78 Å². The van der Waals surface area contributed by atoms with Gasteiger partial charge >= 0.3 is 0 Å². The van der Waals surface area contributed by atoms with E-state index in [1.807, 2.05) is 25.2 Å². The normalized spacial score (nSPS) is 28.2. The highest BCUT2D eigenvalue weighted by Crippen LogP contribution is 2.56. The lowest BCUT2D eigenvalue weighted by Crippen LogP contribution is -2.19. The molecule has 0 saturated heterocycles. The Morgan fingerprint density at radius 2 is 2.00 bits per heavy atom. The van der Waals surface area contributed by atoms with Gasteiger partial charge in [-0.15, -0.1) is 0 Å². The van der Waals surface area contributed by atoms with E-state index in [-0.39, 0.29) is 0 Å². The summed E-state index contributed by atoms with van der Waals surface area (Å²) in [6, 6.07) is 0. The lowest BCUT2D eigenvalue weighted by Gasteiger charge is -2.23. The van der Waals surface area contributed by atoms with Gasteiger partial charge in [0.05, 0.1) is 0 Å². The van der Waals surface area contributed by atoms with Crippen LogP contribution in [0.25, 0.3) is 0 Å². The van der Waals surface area contributed by atoms with Crippen molar-refractivity contribution in [1.29, 1.82) is 0 Å². The van der Waals surface area contributed by atoms with Gasteiger partial charge in [-0.05, 0) is 31.1 Å². The maximum atomic E-state index is 11.6. The van der Waals surface area contributed by atoms with Crippen molar-refractivity contribution in [3.05, 3.63) is 11.8 Å². The highest BCUT2D eigenvalue weighted by molar-refractivity contribution is 5.96. The molecule has 0 amide bonds. The summed E-state index contributed by atoms with van der Waals surface area (Å²) in [5.74, 6) is 0.367. The number of allylic oxidation sites excluding steroid dienone is 1. The Hall–Kier alpha value is -0.790. The van der Waals surface area contributed by atoms with Crippen molar-refractivity contribution < 1.29 is 4.79 Å². The Morgan fingerprint density at radius 1 is 1.31 bits per heavy atom. The summed E-state index contributed by atoms with van der Waals surface area (Å²) in [6.07, 6.45) is 7.62. The Labute approximate surface area is 79.6 Å². The molecule has 1 spiro atoms. The molecule has 2 fully saturated rings. The predicted octanol–water partition coefficient (Wildman–Crippen LogP) is 1.97. The minimum atomic E-state index is 0.367. The van der Waals surface area contributed by atoms with E-state index in [0.29, 0.717) is 11.2 Å². The van der Waals surface area contributed by atoms with Crippen LogP contribution in [0.1, 0.15) is 32.1 Å². The first-order chi connectivity index (χ1) is 6.11. The van der Waals surface area contributed by atoms with Gasteiger partial charge in [0.2, 0.25) is 0 Å². The summed E-state index contributed by atoms with van der Waals surface area (Å²) in [6.45, 7) is 0. The van der Waals surface area contributed by atoms with Crippen molar-refractivity contribution in [2.75, 3.05) is 14.1 Å². The molecule has 0 N–H and O–H groups in total. The first-order valence-corrected chi connectivity index (χ1v) is 5.02. The molecule has 0 bridgehead atoms. The molecular weight excluding hydrogens is 162 g/mol. The van der Waals surface area contributed by atoms with Crippen molar-refractivity contribution in [2.24, 2.45) is 5.41 Å². The zero-order valence-electron chi connectivity index (χ0n) is 8.47. The summed E-state index contributed by atoms with van der Waals surface area (Å²) in [5.41, 5.74) is 1.60. The predicted molar refractivity (Wildman–Crippen MR) is 52.3 cm³/mol. The molecule has 0 atom stereocenters. The first kappa shape index (κ1) is 8.79. The zero-order chi connectivity index (χ0) is 9.47. The van der Waals surface area contributed by atoms with Crippen LogP contribution in [0.3, 0.4) is 0 Å². The quantitative estimate of drug-likeness (QED) is 0.573. The zero-order valence-corrected chi connectivity index (χ0v) is 8.47. The Bertz CT molecular complexity index is 261. The Balaban J connectivity index is 2.11. The Kier molecular flexibility index (Phi) is 1.94. The number of ketones is 1. The maximum Gasteiger partial charge on any atom is 0.160 e. The van der Waals surface area contributed by atoms with E-state index in [2.05, 4.69) is 0 Å². The molecule has 13 heavy (non-hydrogen) atoms. The van der Waals surface area contributed by atoms with Gasteiger partial charge in [-0.1, -0.05) is 0 Å². The highest BCUT2D eigenvalue weighted by atomic mass is 16.1. The fourth-order valence-corrected chi connectivity index (χ4v) is 2.16. The molecule has 0 aromatic heterocycles. The van der Waals surface area contributed by atoms with Crippen molar-refractivity contribution in [3.63, 3.8) is 0 Å². The first-order valence-electron chi connectivity index (χ1n) is 5.02. The highest BCUT2D eigenvalue weighted by Gasteiger charge is 2.46. The van der Waals surface area contributed by atoms with Crippen molar-refractivity contribution >= 4 is 5.78 Å². The summed E-state index contributed by atoms with van der Waals surface area (Å²) >= 11 is 0. The van der Waals surface area contributed by atoms with Gasteiger partial charge in [-0.2, -0.15) is 0 Å². The summed E-state index contributed by atoms with van der Waals surface area (Å²) in [5, 5.41) is 0. The van der Waals surface area contributed by atoms with Gasteiger partial charge in [-0.3, -0.25) is 4.79 Å². The molecule has 2 aliphatic carbocycles. The third-order valence-electron chi connectivity index (χ3n) is 3.18. The number of hydrogen-bond acceptors (Lipinski definition) is 2. The molecule has 0 aromatic rings. The number of hydrogen-bond donors (Lipinski definition) is 0. The molecule has 2 saturated carbocycles. The number of nitrogens with zero attached hydrogens (tertiary/aromatic N) is 1. The molecule has 2 heteroatoms. The van der Waals surface area contributed by atoms with Crippen LogP contribution in [0.4, 0.5) is 0 Å². The topological polar surface area (TPSA) is 20.3 Å². The van der Waals surface area contributed by atoms with E-state index >= 15 is 0 Å². The smallest absolute Gasteiger partial charge is 0.160 e. The lowest BCUT2D eigenvalue weighted by molar-refractivity contribution is -0.117. The molecule has 0 heterocycles. The number of carbonyl (C=O) groups excluding carboxylic acids is 1. The van der Waals surface area contributed by atoms with Crippen LogP contribution in [0.5, 0.6) is 0 Å². The molecule has 2 nitrogen and oxygen atoms in total. The van der Waals surface area contributed by atoms with Crippen molar-refractivity contribution in [3.8, 4) is 0 Å². The monoisotopic (exact) mass is 179 g/mol. The van der Waals surface area contributed by atoms with E-state index in [1.165, 1.54) is 12.8 Å². The van der Waals surface area contributed by atoms with E-state index in [1.54, 1.807) is 0 Å². The third kappa shape index (κ3) is 1.77. The average Bonchev–Trinajstić information content (AvgIpc) is 2.78. The number of carbonyl (C=O) groups is 1. The molecule has 72 valence electrons. The van der Waals surface area contributed by atoms with E-state index < -0.39 is 0 Å². The minimum Gasteiger partial charge on any atom is -0.383 e. The van der Waals surface area contributed by atoms with Crippen molar-refractivity contribution in [2.45, 2.75) is 32.1 Å². The van der Waals surface area contributed by atoms with E-state index in [9.17, 15) is 4.79 Å². The molecular formula is C11H17NO. The molecule has 2 rings (SSSR count). The second-order valence-electron chi connectivity index (χ2n) is 4.72. The van der Waals surface area contributed by atoms with Gasteiger partial charge < -0.3 is 4.90 Å². The fourth-order valence-electron chi connectivity index (χ4n) is 2.16. The third-order valence-corrected chi connectivity index (χ3v) is 3.18. The van der Waals surface area contributed by atoms with Crippen LogP contribution in [-0.2, 0) is 4.79 Å². The fraction of sp³-hybridized carbons (Fsp3) is 0.727. The van der Waals surface area contributed by atoms with Crippen LogP contribution in [0.15, 0.2) is 11.8 Å². The number of Topliss-reactive ketones (excluding diaryl/α,β-unsaturated/α-hetero) is 1. The van der Waals surface area contributed by atoms with Crippen LogP contribution < -0.4 is 0 Å². The van der Waals surface area contributed by atoms with Gasteiger partial charge in [-0.25, -0.2) is 0 Å². The molecule has 0 unspecified atom stereocenters. The molecule has 0 aromatic carbocycles. The largest absolute Gasteiger partial charge is 0.383 e. The molecule has 0 aliphatic heterocycles. The van der Waals surface area contributed by atoms with Crippen LogP contribution in [-0.4, -0.2) is 24.8 Å². The number of rotatable bonds is 1. The van der Waals surface area contributed by atoms with Gasteiger partial charge in [0, 0.05) is 32.3 Å².